The number of aromatic amines is 2. The van der Waals surface area contributed by atoms with E-state index in [2.05, 4.69) is 10.2 Å². The number of H-pyrrole nitrogens is 2. The summed E-state index contributed by atoms with van der Waals surface area (Å²) in [4.78, 5) is 25.5. The number of hydrogen-bond acceptors (Lipinski definition) is 3. The van der Waals surface area contributed by atoms with Crippen LogP contribution in [0.2, 0.25) is 0 Å². The van der Waals surface area contributed by atoms with Crippen LogP contribution in [0.1, 0.15) is 22.4 Å². The molecule has 0 unspecified atom stereocenters. The van der Waals surface area contributed by atoms with Gasteiger partial charge >= 0.3 is 0 Å². The maximum atomic E-state index is 12.2. The van der Waals surface area contributed by atoms with E-state index < -0.39 is 0 Å². The van der Waals surface area contributed by atoms with E-state index in [4.69, 9.17) is 4.74 Å². The maximum absolute atomic E-state index is 12.2. The first kappa shape index (κ1) is 14.4. The van der Waals surface area contributed by atoms with Crippen molar-refractivity contribution < 1.29 is 9.53 Å². The Kier molecular flexibility index (Phi) is 3.75. The van der Waals surface area contributed by atoms with Crippen molar-refractivity contribution in [3.63, 3.8) is 0 Å². The summed E-state index contributed by atoms with van der Waals surface area (Å²) < 4.78 is 5.57. The number of benzene rings is 1. The molecule has 1 aliphatic heterocycles. The Morgan fingerprint density at radius 1 is 1.27 bits per heavy atom. The summed E-state index contributed by atoms with van der Waals surface area (Å²) in [6.07, 6.45) is 0.656. The van der Waals surface area contributed by atoms with Crippen LogP contribution in [0.15, 0.2) is 23.0 Å². The molecule has 0 spiro atoms. The zero-order chi connectivity index (χ0) is 15.7. The van der Waals surface area contributed by atoms with E-state index in [1.807, 2.05) is 32.0 Å². The topological polar surface area (TPSA) is 78.2 Å². The third-order valence-electron chi connectivity index (χ3n) is 4.14. The molecular formula is C16H19N3O3. The maximum Gasteiger partial charge on any atom is 0.269 e. The number of nitrogens with zero attached hydrogens (tertiary/aromatic N) is 1. The van der Waals surface area contributed by atoms with Crippen LogP contribution >= 0.6 is 0 Å². The minimum atomic E-state index is -0.150. The summed E-state index contributed by atoms with van der Waals surface area (Å²) in [7, 11) is 0. The van der Waals surface area contributed by atoms with Crippen LogP contribution < -0.4 is 10.3 Å². The highest BCUT2D eigenvalue weighted by atomic mass is 16.5. The molecule has 6 nitrogen and oxygen atoms in total. The zero-order valence-electron chi connectivity index (χ0n) is 12.7. The lowest BCUT2D eigenvalue weighted by Crippen LogP contribution is -2.40. The molecule has 0 saturated carbocycles. The van der Waals surface area contributed by atoms with Crippen molar-refractivity contribution in [1.29, 1.82) is 0 Å². The van der Waals surface area contributed by atoms with E-state index in [0.717, 1.165) is 11.3 Å². The van der Waals surface area contributed by atoms with Crippen molar-refractivity contribution in [2.24, 2.45) is 0 Å². The number of carbonyl (C=O) groups excluding carboxylic acids is 1. The molecule has 2 aromatic rings. The molecule has 6 heteroatoms. The highest BCUT2D eigenvalue weighted by molar-refractivity contribution is 5.78. The fraction of sp³-hybridized carbons (Fsp3) is 0.375. The van der Waals surface area contributed by atoms with Gasteiger partial charge in [0.1, 0.15) is 5.75 Å². The Morgan fingerprint density at radius 3 is 2.86 bits per heavy atom. The molecule has 1 aromatic heterocycles. The van der Waals surface area contributed by atoms with Gasteiger partial charge in [-0.15, -0.1) is 0 Å². The molecule has 1 aromatic carbocycles. The molecule has 22 heavy (non-hydrogen) atoms. The van der Waals surface area contributed by atoms with Crippen molar-refractivity contribution in [2.75, 3.05) is 13.2 Å². The lowest BCUT2D eigenvalue weighted by molar-refractivity contribution is -0.134. The normalized spacial score (nSPS) is 13.8. The van der Waals surface area contributed by atoms with Crippen molar-refractivity contribution in [3.8, 4) is 5.75 Å². The van der Waals surface area contributed by atoms with Crippen LogP contribution in [-0.4, -0.2) is 34.2 Å². The van der Waals surface area contributed by atoms with Gasteiger partial charge in [0.25, 0.3) is 11.5 Å². The molecule has 116 valence electrons. The summed E-state index contributed by atoms with van der Waals surface area (Å²) in [5.74, 6) is 0.582. The first-order chi connectivity index (χ1) is 10.5. The van der Waals surface area contributed by atoms with E-state index in [0.29, 0.717) is 30.8 Å². The van der Waals surface area contributed by atoms with Crippen LogP contribution in [0.3, 0.4) is 0 Å². The van der Waals surface area contributed by atoms with Crippen LogP contribution in [0.5, 0.6) is 5.75 Å². The number of nitrogens with one attached hydrogen (secondary N) is 2. The molecule has 0 radical (unpaired) electrons. The second-order valence-corrected chi connectivity index (χ2v) is 5.64. The first-order valence-electron chi connectivity index (χ1n) is 7.31. The predicted molar refractivity (Wildman–Crippen MR) is 81.9 cm³/mol. The first-order valence-corrected chi connectivity index (χ1v) is 7.31. The molecule has 1 aliphatic rings. The van der Waals surface area contributed by atoms with Crippen LogP contribution in [0, 0.1) is 13.8 Å². The van der Waals surface area contributed by atoms with Crippen molar-refractivity contribution in [3.05, 3.63) is 50.9 Å². The van der Waals surface area contributed by atoms with Gasteiger partial charge in [0.2, 0.25) is 0 Å². The molecule has 1 amide bonds. The van der Waals surface area contributed by atoms with Crippen molar-refractivity contribution in [1.82, 2.24) is 15.1 Å². The molecule has 3 rings (SSSR count). The monoisotopic (exact) mass is 301 g/mol. The average Bonchev–Trinajstić information content (AvgIpc) is 2.89. The van der Waals surface area contributed by atoms with Gasteiger partial charge in [-0.2, -0.15) is 0 Å². The Bertz CT molecular complexity index is 760. The van der Waals surface area contributed by atoms with Gasteiger partial charge in [-0.1, -0.05) is 6.07 Å². The summed E-state index contributed by atoms with van der Waals surface area (Å²) >= 11 is 0. The second-order valence-electron chi connectivity index (χ2n) is 5.64. The highest BCUT2D eigenvalue weighted by Crippen LogP contribution is 2.17. The smallest absolute Gasteiger partial charge is 0.269 e. The SMILES string of the molecule is Cc1ccc(OCC(=O)N2CCc3[nH][nH]c(=O)c3C2)cc1C. The predicted octanol–water partition coefficient (Wildman–Crippen LogP) is 1.28. The molecule has 2 N–H and O–H groups in total. The summed E-state index contributed by atoms with van der Waals surface area (Å²) in [5.41, 5.74) is 3.71. The van der Waals surface area contributed by atoms with Crippen LogP contribution in [0.25, 0.3) is 0 Å². The standard InChI is InChI=1S/C16H19N3O3/c1-10-3-4-12(7-11(10)2)22-9-15(20)19-6-5-14-13(8-19)16(21)18-17-14/h3-4,7H,5-6,8-9H2,1-2H3,(H2,17,18,21). The van der Waals surface area contributed by atoms with E-state index in [-0.39, 0.29) is 18.1 Å². The van der Waals surface area contributed by atoms with Gasteiger partial charge in [-0.25, -0.2) is 0 Å². The number of ether oxygens (including phenoxy) is 1. The van der Waals surface area contributed by atoms with Crippen molar-refractivity contribution in [2.45, 2.75) is 26.8 Å². The molecule has 0 bridgehead atoms. The fourth-order valence-corrected chi connectivity index (χ4v) is 2.57. The van der Waals surface area contributed by atoms with Crippen LogP contribution in [-0.2, 0) is 17.8 Å². The Morgan fingerprint density at radius 2 is 2.09 bits per heavy atom. The van der Waals surface area contributed by atoms with Gasteiger partial charge < -0.3 is 14.7 Å². The summed E-state index contributed by atoms with van der Waals surface area (Å²) in [6, 6.07) is 5.76. The quantitative estimate of drug-likeness (QED) is 0.896. The number of carbonyl (C=O) groups is 1. The number of rotatable bonds is 3. The molecule has 0 saturated heterocycles. The zero-order valence-corrected chi connectivity index (χ0v) is 12.7. The molecular weight excluding hydrogens is 282 g/mol. The third-order valence-corrected chi connectivity index (χ3v) is 4.14. The van der Waals surface area contributed by atoms with E-state index in [9.17, 15) is 9.59 Å². The minimum Gasteiger partial charge on any atom is -0.484 e. The van der Waals surface area contributed by atoms with Gasteiger partial charge in [0.05, 0.1) is 12.1 Å². The fourth-order valence-electron chi connectivity index (χ4n) is 2.57. The highest BCUT2D eigenvalue weighted by Gasteiger charge is 2.24. The number of fused-ring (bicyclic) bond motifs is 1. The third kappa shape index (κ3) is 2.77. The Hall–Kier alpha value is -2.50. The summed E-state index contributed by atoms with van der Waals surface area (Å²) in [6.45, 7) is 4.96. The number of hydrogen-bond donors (Lipinski definition) is 2. The molecule has 2 heterocycles. The number of aromatic nitrogens is 2. The van der Waals surface area contributed by atoms with Gasteiger partial charge in [0.15, 0.2) is 6.61 Å². The number of amides is 1. The minimum absolute atomic E-state index is 0.0137. The lowest BCUT2D eigenvalue weighted by atomic mass is 10.1. The lowest BCUT2D eigenvalue weighted by Gasteiger charge is -2.26. The molecule has 0 fully saturated rings. The van der Waals surface area contributed by atoms with E-state index in [1.54, 1.807) is 4.90 Å². The van der Waals surface area contributed by atoms with Gasteiger partial charge in [-0.3, -0.25) is 14.7 Å². The Labute approximate surface area is 128 Å². The second kappa shape index (κ2) is 5.71. The average molecular weight is 301 g/mol. The largest absolute Gasteiger partial charge is 0.484 e. The van der Waals surface area contributed by atoms with Gasteiger partial charge in [0, 0.05) is 18.7 Å². The molecule has 0 atom stereocenters. The van der Waals surface area contributed by atoms with E-state index >= 15 is 0 Å². The van der Waals surface area contributed by atoms with Crippen molar-refractivity contribution >= 4 is 5.91 Å². The summed E-state index contributed by atoms with van der Waals surface area (Å²) in [5, 5.41) is 5.41. The van der Waals surface area contributed by atoms with E-state index in [1.165, 1.54) is 5.56 Å². The number of aryl methyl sites for hydroxylation is 2. The molecule has 0 aliphatic carbocycles. The Balaban J connectivity index is 1.62. The van der Waals surface area contributed by atoms with Crippen LogP contribution in [0.4, 0.5) is 0 Å². The van der Waals surface area contributed by atoms with Gasteiger partial charge in [-0.05, 0) is 37.1 Å².